The van der Waals surface area contributed by atoms with E-state index in [-0.39, 0.29) is 17.4 Å². The van der Waals surface area contributed by atoms with E-state index in [4.69, 9.17) is 4.74 Å². The predicted molar refractivity (Wildman–Crippen MR) is 142 cm³/mol. The van der Waals surface area contributed by atoms with Crippen LogP contribution in [-0.2, 0) is 4.79 Å². The number of aromatic hydroxyl groups is 1. The summed E-state index contributed by atoms with van der Waals surface area (Å²) >= 11 is 1.28. The predicted octanol–water partition coefficient (Wildman–Crippen LogP) is 4.98. The van der Waals surface area contributed by atoms with Gasteiger partial charge in [-0.3, -0.25) is 9.36 Å². The number of aryl methyl sites for hydroxylation is 1. The number of phenols is 1. The molecule has 9 heteroatoms. The van der Waals surface area contributed by atoms with Gasteiger partial charge in [0.05, 0.1) is 18.6 Å². The van der Waals surface area contributed by atoms with Crippen LogP contribution in [0, 0.1) is 6.92 Å². The van der Waals surface area contributed by atoms with Gasteiger partial charge in [0.25, 0.3) is 5.91 Å². The lowest BCUT2D eigenvalue weighted by atomic mass is 10.1. The highest BCUT2D eigenvalue weighted by atomic mass is 32.2. The van der Waals surface area contributed by atoms with Gasteiger partial charge in [-0.15, -0.1) is 10.2 Å². The average molecular weight is 502 g/mol. The fraction of sp³-hybridized carbons (Fsp3) is 0.185. The van der Waals surface area contributed by atoms with Gasteiger partial charge >= 0.3 is 0 Å². The van der Waals surface area contributed by atoms with E-state index in [9.17, 15) is 9.90 Å². The molecule has 0 spiro atoms. The van der Waals surface area contributed by atoms with E-state index < -0.39 is 0 Å². The van der Waals surface area contributed by atoms with Gasteiger partial charge in [-0.25, -0.2) is 5.43 Å². The molecule has 0 saturated carbocycles. The first-order chi connectivity index (χ1) is 17.5. The Morgan fingerprint density at radius 1 is 1.03 bits per heavy atom. The van der Waals surface area contributed by atoms with E-state index >= 15 is 0 Å². The van der Waals surface area contributed by atoms with Crippen LogP contribution in [0.5, 0.6) is 11.5 Å². The highest BCUT2D eigenvalue weighted by Crippen LogP contribution is 2.29. The molecule has 184 valence electrons. The van der Waals surface area contributed by atoms with Crippen molar-refractivity contribution in [1.29, 1.82) is 0 Å². The molecule has 1 heterocycles. The van der Waals surface area contributed by atoms with Gasteiger partial charge in [-0.05, 0) is 79.6 Å². The Bertz CT molecular complexity index is 1350. The number of hydrazone groups is 1. The van der Waals surface area contributed by atoms with Crippen molar-refractivity contribution in [3.05, 3.63) is 83.9 Å². The Balaban J connectivity index is 1.54. The number of benzene rings is 3. The fourth-order valence-corrected chi connectivity index (χ4v) is 4.26. The van der Waals surface area contributed by atoms with E-state index in [1.807, 2.05) is 66.9 Å². The van der Waals surface area contributed by atoms with Crippen molar-refractivity contribution in [3.8, 4) is 28.6 Å². The molecule has 1 amide bonds. The normalized spacial score (nSPS) is 11.4. The summed E-state index contributed by atoms with van der Waals surface area (Å²) in [5.41, 5.74) is 7.11. The minimum absolute atomic E-state index is 0.114. The zero-order valence-electron chi connectivity index (χ0n) is 20.3. The molecule has 4 aromatic rings. The SMILES string of the molecule is CC/C(=N\NC(=O)CSc1nnc(-c2ccc(OC)cc2)n1-c1ccc(C)cc1)c1ccc(O)cc1. The lowest BCUT2D eigenvalue weighted by Gasteiger charge is -2.11. The third-order valence-electron chi connectivity index (χ3n) is 5.46. The zero-order valence-corrected chi connectivity index (χ0v) is 21.1. The lowest BCUT2D eigenvalue weighted by Crippen LogP contribution is -2.22. The summed E-state index contributed by atoms with van der Waals surface area (Å²) in [7, 11) is 1.63. The van der Waals surface area contributed by atoms with E-state index in [0.29, 0.717) is 17.4 Å². The smallest absolute Gasteiger partial charge is 0.250 e. The number of amides is 1. The highest BCUT2D eigenvalue weighted by Gasteiger charge is 2.17. The molecule has 1 aromatic heterocycles. The van der Waals surface area contributed by atoms with Gasteiger partial charge in [0.1, 0.15) is 11.5 Å². The number of nitrogens with one attached hydrogen (secondary N) is 1. The second-order valence-electron chi connectivity index (χ2n) is 7.99. The van der Waals surface area contributed by atoms with Crippen molar-refractivity contribution in [2.45, 2.75) is 25.4 Å². The zero-order chi connectivity index (χ0) is 25.5. The maximum absolute atomic E-state index is 12.6. The molecule has 0 aliphatic rings. The molecule has 8 nitrogen and oxygen atoms in total. The van der Waals surface area contributed by atoms with Crippen LogP contribution >= 0.6 is 11.8 Å². The molecule has 0 atom stereocenters. The van der Waals surface area contributed by atoms with Gasteiger partial charge < -0.3 is 9.84 Å². The van der Waals surface area contributed by atoms with Crippen LogP contribution in [0.4, 0.5) is 0 Å². The van der Waals surface area contributed by atoms with Crippen molar-refractivity contribution in [3.63, 3.8) is 0 Å². The molecule has 0 unspecified atom stereocenters. The molecule has 4 rings (SSSR count). The van der Waals surface area contributed by atoms with Crippen LogP contribution in [-0.4, -0.2) is 44.4 Å². The van der Waals surface area contributed by atoms with Gasteiger partial charge in [0, 0.05) is 11.3 Å². The van der Waals surface area contributed by atoms with Gasteiger partial charge in [-0.2, -0.15) is 5.10 Å². The Kier molecular flexibility index (Phi) is 8.02. The number of methoxy groups -OCH3 is 1. The summed E-state index contributed by atoms with van der Waals surface area (Å²) in [4.78, 5) is 12.6. The van der Waals surface area contributed by atoms with E-state index in [0.717, 1.165) is 33.8 Å². The number of nitrogens with zero attached hydrogens (tertiary/aromatic N) is 4. The summed E-state index contributed by atoms with van der Waals surface area (Å²) < 4.78 is 7.21. The van der Waals surface area contributed by atoms with E-state index in [2.05, 4.69) is 20.7 Å². The molecule has 0 aliphatic heterocycles. The molecule has 0 aliphatic carbocycles. The van der Waals surface area contributed by atoms with Crippen LogP contribution in [0.15, 0.2) is 83.1 Å². The number of carbonyl (C=O) groups excluding carboxylic acids is 1. The number of hydrogen-bond donors (Lipinski definition) is 2. The summed E-state index contributed by atoms with van der Waals surface area (Å²) in [6, 6.07) is 22.4. The van der Waals surface area contributed by atoms with Crippen LogP contribution < -0.4 is 10.2 Å². The number of rotatable bonds is 9. The number of ether oxygens (including phenoxy) is 1. The standard InChI is InChI=1S/C27H27N5O3S/c1-4-24(19-7-13-22(33)14-8-19)28-29-25(34)17-36-27-31-30-26(20-9-15-23(35-3)16-10-20)32(27)21-11-5-18(2)6-12-21/h5-16,33H,4,17H2,1-3H3,(H,29,34)/b28-24+. The molecule has 36 heavy (non-hydrogen) atoms. The van der Waals surface area contributed by atoms with Crippen molar-refractivity contribution in [2.24, 2.45) is 5.10 Å². The monoisotopic (exact) mass is 501 g/mol. The molecule has 2 N–H and O–H groups in total. The molecular formula is C27H27N5O3S. The molecule has 0 fully saturated rings. The minimum Gasteiger partial charge on any atom is -0.508 e. The maximum Gasteiger partial charge on any atom is 0.250 e. The third-order valence-corrected chi connectivity index (χ3v) is 6.39. The van der Waals surface area contributed by atoms with Gasteiger partial charge in [0.2, 0.25) is 0 Å². The average Bonchev–Trinajstić information content (AvgIpc) is 3.33. The second kappa shape index (κ2) is 11.5. The van der Waals surface area contributed by atoms with E-state index in [1.165, 1.54) is 11.8 Å². The van der Waals surface area contributed by atoms with Crippen molar-refractivity contribution in [2.75, 3.05) is 12.9 Å². The summed E-state index contributed by atoms with van der Waals surface area (Å²) in [6.07, 6.45) is 0.630. The lowest BCUT2D eigenvalue weighted by molar-refractivity contribution is -0.118. The minimum atomic E-state index is -0.255. The molecule has 0 saturated heterocycles. The summed E-state index contributed by atoms with van der Waals surface area (Å²) in [6.45, 7) is 3.99. The van der Waals surface area contributed by atoms with Crippen molar-refractivity contribution in [1.82, 2.24) is 20.2 Å². The van der Waals surface area contributed by atoms with Gasteiger partial charge in [0.15, 0.2) is 11.0 Å². The third kappa shape index (κ3) is 5.92. The number of thioether (sulfide) groups is 1. The van der Waals surface area contributed by atoms with Crippen molar-refractivity contribution < 1.29 is 14.6 Å². The van der Waals surface area contributed by atoms with Crippen LogP contribution in [0.3, 0.4) is 0 Å². The maximum atomic E-state index is 12.6. The van der Waals surface area contributed by atoms with Crippen LogP contribution in [0.2, 0.25) is 0 Å². The molecule has 3 aromatic carbocycles. The van der Waals surface area contributed by atoms with Crippen LogP contribution in [0.25, 0.3) is 17.1 Å². The molecule has 0 bridgehead atoms. The first-order valence-electron chi connectivity index (χ1n) is 11.4. The Labute approximate surface area is 214 Å². The van der Waals surface area contributed by atoms with Crippen LogP contribution in [0.1, 0.15) is 24.5 Å². The van der Waals surface area contributed by atoms with E-state index in [1.54, 1.807) is 31.4 Å². The molecule has 0 radical (unpaired) electrons. The Morgan fingerprint density at radius 3 is 2.36 bits per heavy atom. The van der Waals surface area contributed by atoms with Crippen molar-refractivity contribution >= 4 is 23.4 Å². The summed E-state index contributed by atoms with van der Waals surface area (Å²) in [5.74, 6) is 1.46. The molecular weight excluding hydrogens is 474 g/mol. The largest absolute Gasteiger partial charge is 0.508 e. The summed E-state index contributed by atoms with van der Waals surface area (Å²) in [5, 5.41) is 23.2. The number of phenolic OH excluding ortho intramolecular Hbond substituents is 1. The Hall–Kier alpha value is -4.11. The quantitative estimate of drug-likeness (QED) is 0.191. The number of carbonyl (C=O) groups is 1. The topological polar surface area (TPSA) is 102 Å². The number of aromatic nitrogens is 3. The first kappa shape index (κ1) is 25.0. The highest BCUT2D eigenvalue weighted by molar-refractivity contribution is 7.99. The number of hydrogen-bond acceptors (Lipinski definition) is 7. The Morgan fingerprint density at radius 2 is 1.72 bits per heavy atom. The van der Waals surface area contributed by atoms with Gasteiger partial charge in [-0.1, -0.05) is 36.4 Å². The first-order valence-corrected chi connectivity index (χ1v) is 12.4. The second-order valence-corrected chi connectivity index (χ2v) is 8.93. The fourth-order valence-electron chi connectivity index (χ4n) is 3.51.